The minimum absolute atomic E-state index is 0.0243. The average Bonchev–Trinajstić information content (AvgIpc) is 2.11. The number of hydrogen-bond donors (Lipinski definition) is 1. The number of nitrogens with two attached hydrogens (primary N) is 1. The Hall–Kier alpha value is -1.23. The first-order valence-electron chi connectivity index (χ1n) is 4.65. The Morgan fingerprint density at radius 2 is 2.15 bits per heavy atom. The molecule has 0 spiro atoms. The molecule has 13 heavy (non-hydrogen) atoms. The predicted molar refractivity (Wildman–Crippen MR) is 55.6 cm³/mol. The molecule has 2 nitrogen and oxygen atoms in total. The van der Waals surface area contributed by atoms with Crippen LogP contribution in [-0.2, 0) is 0 Å². The van der Waals surface area contributed by atoms with Crippen LogP contribution in [0.2, 0.25) is 0 Å². The molecule has 2 heteroatoms. The van der Waals surface area contributed by atoms with E-state index in [1.807, 2.05) is 13.0 Å². The van der Waals surface area contributed by atoms with Crippen LogP contribution in [0.5, 0.6) is 0 Å². The summed E-state index contributed by atoms with van der Waals surface area (Å²) in [7, 11) is 0. The zero-order valence-corrected chi connectivity index (χ0v) is 8.62. The van der Waals surface area contributed by atoms with Crippen molar-refractivity contribution in [3.05, 3.63) is 23.9 Å². The molecule has 0 aliphatic carbocycles. The van der Waals surface area contributed by atoms with Crippen LogP contribution in [0.25, 0.3) is 0 Å². The van der Waals surface area contributed by atoms with Gasteiger partial charge in [-0.1, -0.05) is 32.4 Å². The third-order valence-electron chi connectivity index (χ3n) is 2.03. The van der Waals surface area contributed by atoms with Crippen LogP contribution in [-0.4, -0.2) is 0 Å². The Kier molecular flexibility index (Phi) is 5.71. The Bertz CT molecular complexity index is 231. The lowest BCUT2D eigenvalue weighted by molar-refractivity contribution is 0.622. The first kappa shape index (κ1) is 11.8. The van der Waals surface area contributed by atoms with Gasteiger partial charge in [-0.25, -0.2) is 0 Å². The smallest absolute Gasteiger partial charge is 0.0700 e. The topological polar surface area (TPSA) is 49.8 Å². The summed E-state index contributed by atoms with van der Waals surface area (Å²) in [5, 5.41) is 8.90. The highest BCUT2D eigenvalue weighted by molar-refractivity contribution is 5.21. The van der Waals surface area contributed by atoms with Crippen molar-refractivity contribution < 1.29 is 0 Å². The van der Waals surface area contributed by atoms with Gasteiger partial charge in [0, 0.05) is 0 Å². The van der Waals surface area contributed by atoms with Gasteiger partial charge in [0.25, 0.3) is 0 Å². The molecule has 0 saturated carbocycles. The normalized spacial score (nSPS) is 14.8. The molecule has 0 rings (SSSR count). The Labute approximate surface area is 80.7 Å². The van der Waals surface area contributed by atoms with E-state index in [0.29, 0.717) is 5.92 Å². The number of rotatable bonds is 4. The molecule has 0 heterocycles. The molecule has 0 radical (unpaired) electrons. The van der Waals surface area contributed by atoms with Crippen LogP contribution in [0.15, 0.2) is 23.9 Å². The predicted octanol–water partition coefficient (Wildman–Crippen LogP) is 2.59. The lowest BCUT2D eigenvalue weighted by atomic mass is 9.89. The highest BCUT2D eigenvalue weighted by Crippen LogP contribution is 2.22. The molecule has 0 amide bonds. The van der Waals surface area contributed by atoms with Gasteiger partial charge in [0.1, 0.15) is 0 Å². The zero-order valence-electron chi connectivity index (χ0n) is 8.62. The standard InChI is InChI=1S/C11H18N2/c1-4-10(8-13)11(9(2)3)6-5-7-12/h5-7,9-10H,4,12H2,1-3H3/b7-5-,11-6-. The zero-order chi connectivity index (χ0) is 10.3. The summed E-state index contributed by atoms with van der Waals surface area (Å²) in [5.41, 5.74) is 6.41. The first-order chi connectivity index (χ1) is 6.17. The van der Waals surface area contributed by atoms with Gasteiger partial charge in [-0.05, 0) is 24.6 Å². The fourth-order valence-electron chi connectivity index (χ4n) is 1.28. The molecule has 0 bridgehead atoms. The summed E-state index contributed by atoms with van der Waals surface area (Å²) in [5.74, 6) is 0.428. The molecule has 0 aliphatic heterocycles. The molecule has 1 unspecified atom stereocenters. The van der Waals surface area contributed by atoms with E-state index >= 15 is 0 Å². The monoisotopic (exact) mass is 178 g/mol. The number of hydrogen-bond acceptors (Lipinski definition) is 2. The molecule has 2 N–H and O–H groups in total. The van der Waals surface area contributed by atoms with Crippen LogP contribution in [0.3, 0.4) is 0 Å². The highest BCUT2D eigenvalue weighted by atomic mass is 14.5. The maximum Gasteiger partial charge on any atom is 0.0700 e. The molecule has 0 aliphatic rings. The van der Waals surface area contributed by atoms with E-state index < -0.39 is 0 Å². The van der Waals surface area contributed by atoms with Gasteiger partial charge in [0.15, 0.2) is 0 Å². The van der Waals surface area contributed by atoms with Gasteiger partial charge < -0.3 is 5.73 Å². The van der Waals surface area contributed by atoms with E-state index in [4.69, 9.17) is 11.0 Å². The molecule has 0 aromatic heterocycles. The second-order valence-electron chi connectivity index (χ2n) is 3.30. The summed E-state index contributed by atoms with van der Waals surface area (Å²) in [4.78, 5) is 0. The first-order valence-corrected chi connectivity index (χ1v) is 4.65. The summed E-state index contributed by atoms with van der Waals surface area (Å²) >= 11 is 0. The molecule has 0 aromatic rings. The van der Waals surface area contributed by atoms with Crippen molar-refractivity contribution in [1.82, 2.24) is 0 Å². The van der Waals surface area contributed by atoms with E-state index in [1.165, 1.54) is 6.20 Å². The van der Waals surface area contributed by atoms with Crippen molar-refractivity contribution in [3.63, 3.8) is 0 Å². The molecule has 0 fully saturated rings. The van der Waals surface area contributed by atoms with Crippen molar-refractivity contribution in [2.24, 2.45) is 17.6 Å². The van der Waals surface area contributed by atoms with E-state index in [-0.39, 0.29) is 5.92 Å². The van der Waals surface area contributed by atoms with Crippen LogP contribution in [0.1, 0.15) is 27.2 Å². The number of nitrogens with zero attached hydrogens (tertiary/aromatic N) is 1. The molecular formula is C11H18N2. The van der Waals surface area contributed by atoms with Gasteiger partial charge in [-0.15, -0.1) is 0 Å². The maximum absolute atomic E-state index is 8.90. The van der Waals surface area contributed by atoms with Gasteiger partial charge in [-0.3, -0.25) is 0 Å². The lowest BCUT2D eigenvalue weighted by Gasteiger charge is -2.14. The van der Waals surface area contributed by atoms with Gasteiger partial charge in [0.2, 0.25) is 0 Å². The van der Waals surface area contributed by atoms with Gasteiger partial charge in [0.05, 0.1) is 12.0 Å². The van der Waals surface area contributed by atoms with Crippen molar-refractivity contribution >= 4 is 0 Å². The van der Waals surface area contributed by atoms with Crippen molar-refractivity contribution in [1.29, 1.82) is 5.26 Å². The molecule has 0 saturated heterocycles. The lowest BCUT2D eigenvalue weighted by Crippen LogP contribution is -2.06. The average molecular weight is 178 g/mol. The minimum atomic E-state index is 0.0243. The van der Waals surface area contributed by atoms with Crippen molar-refractivity contribution in [3.8, 4) is 6.07 Å². The van der Waals surface area contributed by atoms with Crippen molar-refractivity contribution in [2.45, 2.75) is 27.2 Å². The fourth-order valence-corrected chi connectivity index (χ4v) is 1.28. The number of allylic oxidation sites excluding steroid dienone is 3. The summed E-state index contributed by atoms with van der Waals surface area (Å²) in [6.07, 6.45) is 6.09. The second-order valence-corrected chi connectivity index (χ2v) is 3.30. The van der Waals surface area contributed by atoms with Crippen molar-refractivity contribution in [2.75, 3.05) is 0 Å². The maximum atomic E-state index is 8.90. The summed E-state index contributed by atoms with van der Waals surface area (Å²) < 4.78 is 0. The SMILES string of the molecule is CCC(C#N)/C(=C\C=C/N)C(C)C. The van der Waals surface area contributed by atoms with E-state index in [2.05, 4.69) is 19.9 Å². The van der Waals surface area contributed by atoms with Gasteiger partial charge >= 0.3 is 0 Å². The summed E-state index contributed by atoms with van der Waals surface area (Å²) in [6.45, 7) is 6.21. The van der Waals surface area contributed by atoms with Crippen LogP contribution in [0, 0.1) is 23.2 Å². The Morgan fingerprint density at radius 3 is 2.46 bits per heavy atom. The summed E-state index contributed by atoms with van der Waals surface area (Å²) in [6, 6.07) is 2.30. The van der Waals surface area contributed by atoms with E-state index in [0.717, 1.165) is 12.0 Å². The number of nitriles is 1. The largest absolute Gasteiger partial charge is 0.405 e. The fraction of sp³-hybridized carbons (Fsp3) is 0.545. The van der Waals surface area contributed by atoms with Crippen LogP contribution < -0.4 is 5.73 Å². The van der Waals surface area contributed by atoms with E-state index in [1.54, 1.807) is 6.08 Å². The molecule has 1 atom stereocenters. The highest BCUT2D eigenvalue weighted by Gasteiger charge is 2.13. The van der Waals surface area contributed by atoms with Gasteiger partial charge in [-0.2, -0.15) is 5.26 Å². The Morgan fingerprint density at radius 1 is 1.54 bits per heavy atom. The third kappa shape index (κ3) is 3.80. The quantitative estimate of drug-likeness (QED) is 0.673. The van der Waals surface area contributed by atoms with Crippen LogP contribution >= 0.6 is 0 Å². The molecule has 72 valence electrons. The Balaban J connectivity index is 4.70. The molecule has 0 aromatic carbocycles. The van der Waals surface area contributed by atoms with Crippen LogP contribution in [0.4, 0.5) is 0 Å². The second kappa shape index (κ2) is 6.30. The minimum Gasteiger partial charge on any atom is -0.405 e. The molecular weight excluding hydrogens is 160 g/mol. The van der Waals surface area contributed by atoms with E-state index in [9.17, 15) is 0 Å². The third-order valence-corrected chi connectivity index (χ3v) is 2.03.